The zero-order valence-electron chi connectivity index (χ0n) is 17.5. The highest BCUT2D eigenvalue weighted by molar-refractivity contribution is 6.06. The molecule has 7 rings (SSSR count). The molecule has 2 amide bonds. The number of allylic oxidation sites excluding steroid dienone is 2. The Morgan fingerprint density at radius 2 is 1.84 bits per heavy atom. The predicted octanol–water partition coefficient (Wildman–Crippen LogP) is 3.51. The molecule has 2 aromatic rings. The highest BCUT2D eigenvalue weighted by atomic mass is 16.5. The Morgan fingerprint density at radius 1 is 1.12 bits per heavy atom. The van der Waals surface area contributed by atoms with E-state index < -0.39 is 5.97 Å². The zero-order valence-corrected chi connectivity index (χ0v) is 17.5. The number of amides is 2. The minimum Gasteiger partial charge on any atom is -0.462 e. The lowest BCUT2D eigenvalue weighted by Crippen LogP contribution is -2.40. The number of imide groups is 1. The summed E-state index contributed by atoms with van der Waals surface area (Å²) in [5.74, 6) is 1.11. The van der Waals surface area contributed by atoms with Crippen LogP contribution in [-0.2, 0) is 14.3 Å². The van der Waals surface area contributed by atoms with Crippen LogP contribution in [0.15, 0.2) is 58.1 Å². The van der Waals surface area contributed by atoms with Gasteiger partial charge < -0.3 is 9.15 Å². The largest absolute Gasteiger partial charge is 0.462 e. The summed E-state index contributed by atoms with van der Waals surface area (Å²) in [6, 6.07) is 10.4. The maximum Gasteiger partial charge on any atom is 0.338 e. The van der Waals surface area contributed by atoms with Gasteiger partial charge in [0.05, 0.1) is 30.2 Å². The molecule has 2 saturated carbocycles. The molecule has 2 bridgehead atoms. The van der Waals surface area contributed by atoms with Crippen molar-refractivity contribution in [3.05, 3.63) is 59.9 Å². The molecule has 2 heterocycles. The van der Waals surface area contributed by atoms with Gasteiger partial charge in [0.2, 0.25) is 0 Å². The van der Waals surface area contributed by atoms with Crippen LogP contribution in [-0.4, -0.2) is 35.6 Å². The Morgan fingerprint density at radius 3 is 2.53 bits per heavy atom. The number of benzene rings is 1. The van der Waals surface area contributed by atoms with E-state index in [1.165, 1.54) is 6.21 Å². The number of carbonyl (C=O) groups excluding carboxylic acids is 3. The molecular formula is C25H22N2O5. The second kappa shape index (κ2) is 7.02. The Hall–Kier alpha value is -3.48. The molecule has 7 nitrogen and oxygen atoms in total. The molecule has 1 aliphatic heterocycles. The van der Waals surface area contributed by atoms with E-state index in [0.29, 0.717) is 35.5 Å². The number of ether oxygens (including phenoxy) is 1. The molecule has 0 radical (unpaired) electrons. The molecule has 32 heavy (non-hydrogen) atoms. The first-order valence-electron chi connectivity index (χ1n) is 11.0. The SMILES string of the molecule is CCOC(=O)c1cccc(-c2ccc(/C=N\N3C(=O)[C@H]4[C@@H]5C=C[C@H]([C@H]6C[C@H]56)[C@@H]4C3=O)o2)c1. The molecule has 162 valence electrons. The van der Waals surface area contributed by atoms with Gasteiger partial charge in [0, 0.05) is 5.56 Å². The second-order valence-electron chi connectivity index (χ2n) is 8.89. The van der Waals surface area contributed by atoms with E-state index in [1.807, 2.05) is 6.07 Å². The van der Waals surface area contributed by atoms with Gasteiger partial charge in [-0.05, 0) is 61.3 Å². The van der Waals surface area contributed by atoms with Gasteiger partial charge in [0.25, 0.3) is 11.8 Å². The summed E-state index contributed by atoms with van der Waals surface area (Å²) in [6.07, 6.45) is 6.82. The fourth-order valence-corrected chi connectivity index (χ4v) is 5.76. The van der Waals surface area contributed by atoms with Gasteiger partial charge in [-0.15, -0.1) is 0 Å². The number of carbonyl (C=O) groups is 3. The van der Waals surface area contributed by atoms with Crippen LogP contribution in [0.4, 0.5) is 0 Å². The van der Waals surface area contributed by atoms with Gasteiger partial charge >= 0.3 is 5.97 Å². The summed E-state index contributed by atoms with van der Waals surface area (Å²) in [5, 5.41) is 5.25. The quantitative estimate of drug-likeness (QED) is 0.313. The summed E-state index contributed by atoms with van der Waals surface area (Å²) in [6.45, 7) is 2.06. The lowest BCUT2D eigenvalue weighted by molar-refractivity contribution is -0.140. The monoisotopic (exact) mass is 430 g/mol. The molecule has 6 atom stereocenters. The maximum absolute atomic E-state index is 13.0. The van der Waals surface area contributed by atoms with Gasteiger partial charge in [-0.25, -0.2) is 4.79 Å². The van der Waals surface area contributed by atoms with Crippen LogP contribution in [0, 0.1) is 35.5 Å². The summed E-state index contributed by atoms with van der Waals surface area (Å²) >= 11 is 0. The van der Waals surface area contributed by atoms with E-state index in [1.54, 1.807) is 37.3 Å². The lowest BCUT2D eigenvalue weighted by Gasteiger charge is -2.37. The van der Waals surface area contributed by atoms with Crippen LogP contribution in [0.2, 0.25) is 0 Å². The first-order valence-corrected chi connectivity index (χ1v) is 11.0. The molecule has 0 unspecified atom stereocenters. The maximum atomic E-state index is 13.0. The van der Waals surface area contributed by atoms with Crippen LogP contribution in [0.5, 0.6) is 0 Å². The van der Waals surface area contributed by atoms with Crippen molar-refractivity contribution >= 4 is 24.0 Å². The normalized spacial score (nSPS) is 31.8. The Bertz CT molecular complexity index is 1160. The number of furan rings is 1. The fraction of sp³-hybridized carbons (Fsp3) is 0.360. The fourth-order valence-electron chi connectivity index (χ4n) is 5.76. The summed E-state index contributed by atoms with van der Waals surface area (Å²) in [5.41, 5.74) is 1.16. The van der Waals surface area contributed by atoms with E-state index >= 15 is 0 Å². The van der Waals surface area contributed by atoms with Crippen molar-refractivity contribution in [2.45, 2.75) is 13.3 Å². The molecule has 1 aromatic heterocycles. The first kappa shape index (κ1) is 19.2. The van der Waals surface area contributed by atoms with Crippen LogP contribution in [0.1, 0.15) is 29.5 Å². The number of hydrogen-bond donors (Lipinski definition) is 0. The third kappa shape index (κ3) is 2.80. The standard InChI is InChI=1S/C25H22N2O5/c1-2-31-25(30)14-5-3-4-13(10-14)20-9-6-15(32-20)12-26-27-23(28)21-16-7-8-17(19-11-18(16)19)22(21)24(27)29/h3-10,12,16-19,21-22H,2,11H2,1H3/b26-12-/t16-,17-,18-,19-,21+,22+/m1/s1. The second-order valence-corrected chi connectivity index (χ2v) is 8.89. The summed E-state index contributed by atoms with van der Waals surface area (Å²) in [7, 11) is 0. The van der Waals surface area contributed by atoms with Crippen LogP contribution in [0.25, 0.3) is 11.3 Å². The number of rotatable bonds is 5. The molecule has 0 N–H and O–H groups in total. The smallest absolute Gasteiger partial charge is 0.338 e. The van der Waals surface area contributed by atoms with Crippen molar-refractivity contribution in [2.24, 2.45) is 40.6 Å². The molecule has 1 aromatic carbocycles. The van der Waals surface area contributed by atoms with E-state index in [0.717, 1.165) is 17.0 Å². The van der Waals surface area contributed by atoms with E-state index in [4.69, 9.17) is 9.15 Å². The summed E-state index contributed by atoms with van der Waals surface area (Å²) < 4.78 is 10.9. The highest BCUT2D eigenvalue weighted by Gasteiger charge is 2.67. The van der Waals surface area contributed by atoms with Crippen molar-refractivity contribution in [2.75, 3.05) is 6.61 Å². The van der Waals surface area contributed by atoms with E-state index in [2.05, 4.69) is 17.3 Å². The van der Waals surface area contributed by atoms with Gasteiger partial charge in [-0.2, -0.15) is 10.1 Å². The van der Waals surface area contributed by atoms with Crippen LogP contribution in [0.3, 0.4) is 0 Å². The topological polar surface area (TPSA) is 89.2 Å². The molecular weight excluding hydrogens is 408 g/mol. The van der Waals surface area contributed by atoms with E-state index in [9.17, 15) is 14.4 Å². The molecule has 4 aliphatic carbocycles. The van der Waals surface area contributed by atoms with Crippen molar-refractivity contribution in [3.63, 3.8) is 0 Å². The van der Waals surface area contributed by atoms with Crippen molar-refractivity contribution < 1.29 is 23.5 Å². The number of esters is 1. The molecule has 7 heteroatoms. The minimum absolute atomic E-state index is 0.175. The number of hydrazone groups is 1. The molecule has 0 spiro atoms. The average molecular weight is 430 g/mol. The number of nitrogens with zero attached hydrogens (tertiary/aromatic N) is 2. The van der Waals surface area contributed by atoms with E-state index in [-0.39, 0.29) is 35.5 Å². The summed E-state index contributed by atoms with van der Waals surface area (Å²) in [4.78, 5) is 38.0. The van der Waals surface area contributed by atoms with Crippen molar-refractivity contribution in [1.82, 2.24) is 5.01 Å². The minimum atomic E-state index is -0.392. The Labute approximate surface area is 184 Å². The molecule has 1 saturated heterocycles. The zero-order chi connectivity index (χ0) is 22.0. The molecule has 3 fully saturated rings. The van der Waals surface area contributed by atoms with Gasteiger partial charge in [-0.3, -0.25) is 9.59 Å². The van der Waals surface area contributed by atoms with Crippen LogP contribution < -0.4 is 0 Å². The number of hydrogen-bond acceptors (Lipinski definition) is 6. The van der Waals surface area contributed by atoms with Crippen molar-refractivity contribution in [3.8, 4) is 11.3 Å². The van der Waals surface area contributed by atoms with Gasteiger partial charge in [-0.1, -0.05) is 24.3 Å². The van der Waals surface area contributed by atoms with Crippen molar-refractivity contribution in [1.29, 1.82) is 0 Å². The third-order valence-corrected chi connectivity index (χ3v) is 7.22. The third-order valence-electron chi connectivity index (χ3n) is 7.22. The van der Waals surface area contributed by atoms with Gasteiger partial charge in [0.15, 0.2) is 0 Å². The average Bonchev–Trinajstić information content (AvgIpc) is 3.44. The molecule has 5 aliphatic rings. The van der Waals surface area contributed by atoms with Crippen LogP contribution >= 0.6 is 0 Å². The van der Waals surface area contributed by atoms with Gasteiger partial charge in [0.1, 0.15) is 11.5 Å². The first-order chi connectivity index (χ1) is 15.6. The Balaban J connectivity index is 1.21. The lowest BCUT2D eigenvalue weighted by atomic mass is 9.63. The predicted molar refractivity (Wildman–Crippen MR) is 114 cm³/mol. The highest BCUT2D eigenvalue weighted by Crippen LogP contribution is 2.65. The Kier molecular flexibility index (Phi) is 4.22.